The summed E-state index contributed by atoms with van der Waals surface area (Å²) in [5, 5.41) is 8.87. The number of nitrogens with zero attached hydrogens (tertiary/aromatic N) is 2. The summed E-state index contributed by atoms with van der Waals surface area (Å²) in [5.74, 6) is -0.828. The van der Waals surface area contributed by atoms with Gasteiger partial charge in [-0.3, -0.25) is 9.59 Å². The number of methoxy groups -OCH3 is 2. The first kappa shape index (κ1) is 32.1. The van der Waals surface area contributed by atoms with Gasteiger partial charge in [0, 0.05) is 30.3 Å². The van der Waals surface area contributed by atoms with E-state index >= 15 is 0 Å². The molecule has 2 unspecified atom stereocenters. The SMILES string of the molecule is CC(C)(C)CC1NCC(c2cccc(Cl)c2F)[C@]12C(=O)Nc1nc(Cl)ncc12.COC(=O)c1ccc(NC=O)c(OC)c1. The van der Waals surface area contributed by atoms with E-state index in [-0.39, 0.29) is 27.7 Å². The van der Waals surface area contributed by atoms with Crippen LogP contribution in [0.4, 0.5) is 15.9 Å². The van der Waals surface area contributed by atoms with Gasteiger partial charge < -0.3 is 25.4 Å². The third kappa shape index (κ3) is 6.29. The van der Waals surface area contributed by atoms with Crippen molar-refractivity contribution in [3.05, 3.63) is 75.4 Å². The average Bonchev–Trinajstić information content (AvgIpc) is 3.46. The minimum absolute atomic E-state index is 0.0397. The second-order valence-electron chi connectivity index (χ2n) is 11.3. The van der Waals surface area contributed by atoms with Crippen molar-refractivity contribution in [2.45, 2.75) is 44.6 Å². The number of esters is 1. The number of ether oxygens (including phenoxy) is 2. The van der Waals surface area contributed by atoms with Crippen LogP contribution in [0.3, 0.4) is 0 Å². The quantitative estimate of drug-likeness (QED) is 0.188. The summed E-state index contributed by atoms with van der Waals surface area (Å²) in [4.78, 5) is 43.2. The van der Waals surface area contributed by atoms with Gasteiger partial charge >= 0.3 is 5.97 Å². The Hall–Kier alpha value is -3.80. The van der Waals surface area contributed by atoms with Crippen LogP contribution >= 0.6 is 23.2 Å². The van der Waals surface area contributed by atoms with Crippen molar-refractivity contribution >= 4 is 53.0 Å². The van der Waals surface area contributed by atoms with E-state index in [0.29, 0.717) is 53.3 Å². The van der Waals surface area contributed by atoms with Crippen LogP contribution in [0.25, 0.3) is 0 Å². The molecule has 2 amide bonds. The highest BCUT2D eigenvalue weighted by Gasteiger charge is 2.62. The summed E-state index contributed by atoms with van der Waals surface area (Å²) < 4.78 is 24.5. The largest absolute Gasteiger partial charge is 0.495 e. The highest BCUT2D eigenvalue weighted by molar-refractivity contribution is 6.30. The molecule has 1 fully saturated rings. The topological polar surface area (TPSA) is 132 Å². The Kier molecular flexibility index (Phi) is 9.58. The summed E-state index contributed by atoms with van der Waals surface area (Å²) in [5.41, 5.74) is 0.826. The van der Waals surface area contributed by atoms with Gasteiger partial charge in [0.25, 0.3) is 0 Å². The molecule has 13 heteroatoms. The maximum absolute atomic E-state index is 15.0. The second kappa shape index (κ2) is 12.8. The average molecular weight is 633 g/mol. The summed E-state index contributed by atoms with van der Waals surface area (Å²) in [6.07, 6.45) is 2.83. The van der Waals surface area contributed by atoms with Crippen LogP contribution in [0, 0.1) is 11.2 Å². The summed E-state index contributed by atoms with van der Waals surface area (Å²) in [6.45, 7) is 6.78. The van der Waals surface area contributed by atoms with Crippen LogP contribution in [0.15, 0.2) is 42.6 Å². The first-order valence-corrected chi connectivity index (χ1v) is 14.1. The monoisotopic (exact) mass is 631 g/mol. The van der Waals surface area contributed by atoms with Gasteiger partial charge in [0.05, 0.1) is 30.5 Å². The molecule has 5 rings (SSSR count). The lowest BCUT2D eigenvalue weighted by molar-refractivity contribution is -0.122. The molecule has 2 aliphatic heterocycles. The highest BCUT2D eigenvalue weighted by Crippen LogP contribution is 2.54. The molecular formula is C30H32Cl2FN5O5. The number of amides is 2. The Balaban J connectivity index is 0.000000239. The van der Waals surface area contributed by atoms with Crippen molar-refractivity contribution in [2.24, 2.45) is 5.41 Å². The fourth-order valence-electron chi connectivity index (χ4n) is 5.72. The molecule has 2 aromatic carbocycles. The molecule has 10 nitrogen and oxygen atoms in total. The minimum atomic E-state index is -1.04. The molecule has 2 aliphatic rings. The van der Waals surface area contributed by atoms with Crippen molar-refractivity contribution in [3.8, 4) is 5.75 Å². The van der Waals surface area contributed by atoms with E-state index in [1.165, 1.54) is 26.4 Å². The zero-order valence-electron chi connectivity index (χ0n) is 24.3. The molecule has 3 N–H and O–H groups in total. The molecule has 228 valence electrons. The second-order valence-corrected chi connectivity index (χ2v) is 12.1. The molecule has 0 radical (unpaired) electrons. The first-order valence-electron chi connectivity index (χ1n) is 13.4. The smallest absolute Gasteiger partial charge is 0.337 e. The number of anilines is 2. The molecule has 3 heterocycles. The highest BCUT2D eigenvalue weighted by atomic mass is 35.5. The Morgan fingerprint density at radius 3 is 2.63 bits per heavy atom. The number of fused-ring (bicyclic) bond motifs is 2. The maximum Gasteiger partial charge on any atom is 0.337 e. The van der Waals surface area contributed by atoms with Gasteiger partial charge in [0.2, 0.25) is 17.6 Å². The van der Waals surface area contributed by atoms with E-state index < -0.39 is 23.1 Å². The van der Waals surface area contributed by atoms with E-state index in [2.05, 4.69) is 51.4 Å². The Morgan fingerprint density at radius 1 is 1.23 bits per heavy atom. The number of aromatic nitrogens is 2. The molecule has 0 aliphatic carbocycles. The molecule has 43 heavy (non-hydrogen) atoms. The fraction of sp³-hybridized carbons (Fsp3) is 0.367. The predicted molar refractivity (Wildman–Crippen MR) is 161 cm³/mol. The van der Waals surface area contributed by atoms with E-state index in [0.717, 1.165) is 0 Å². The van der Waals surface area contributed by atoms with E-state index in [1.807, 2.05) is 0 Å². The molecule has 3 atom stereocenters. The Labute approximate surface area is 258 Å². The van der Waals surface area contributed by atoms with Crippen molar-refractivity contribution in [2.75, 3.05) is 31.4 Å². The third-order valence-electron chi connectivity index (χ3n) is 7.49. The number of carbonyl (C=O) groups is 3. The van der Waals surface area contributed by atoms with Gasteiger partial charge in [-0.05, 0) is 53.3 Å². The molecule has 1 saturated heterocycles. The van der Waals surface area contributed by atoms with Crippen molar-refractivity contribution in [1.82, 2.24) is 15.3 Å². The maximum atomic E-state index is 15.0. The molecule has 0 bridgehead atoms. The van der Waals surface area contributed by atoms with E-state index in [4.69, 9.17) is 27.9 Å². The first-order chi connectivity index (χ1) is 20.4. The van der Waals surface area contributed by atoms with Gasteiger partial charge in [-0.15, -0.1) is 0 Å². The Morgan fingerprint density at radius 2 is 1.98 bits per heavy atom. The number of benzene rings is 2. The number of halogens is 3. The Bertz CT molecular complexity index is 1550. The van der Waals surface area contributed by atoms with Gasteiger partial charge in [-0.1, -0.05) is 44.5 Å². The molecular weight excluding hydrogens is 600 g/mol. The van der Waals surface area contributed by atoms with Crippen LogP contribution in [0.5, 0.6) is 5.75 Å². The number of hydrogen-bond donors (Lipinski definition) is 3. The van der Waals surface area contributed by atoms with Crippen LogP contribution in [0.2, 0.25) is 10.3 Å². The zero-order valence-corrected chi connectivity index (χ0v) is 25.8. The third-order valence-corrected chi connectivity index (χ3v) is 7.96. The number of rotatable bonds is 6. The summed E-state index contributed by atoms with van der Waals surface area (Å²) in [7, 11) is 2.75. The van der Waals surface area contributed by atoms with Crippen LogP contribution in [-0.2, 0) is 19.7 Å². The lowest BCUT2D eigenvalue weighted by atomic mass is 9.64. The zero-order chi connectivity index (χ0) is 31.5. The molecule has 1 aromatic heterocycles. The molecule has 1 spiro atoms. The van der Waals surface area contributed by atoms with E-state index in [1.54, 1.807) is 30.5 Å². The lowest BCUT2D eigenvalue weighted by Gasteiger charge is -2.37. The number of nitrogens with one attached hydrogen (secondary N) is 3. The van der Waals surface area contributed by atoms with Crippen molar-refractivity contribution < 1.29 is 28.2 Å². The van der Waals surface area contributed by atoms with Gasteiger partial charge in [0.15, 0.2) is 0 Å². The van der Waals surface area contributed by atoms with E-state index in [9.17, 15) is 18.8 Å². The van der Waals surface area contributed by atoms with Crippen molar-refractivity contribution in [3.63, 3.8) is 0 Å². The summed E-state index contributed by atoms with van der Waals surface area (Å²) >= 11 is 12.0. The van der Waals surface area contributed by atoms with Crippen LogP contribution in [0.1, 0.15) is 54.6 Å². The standard InChI is InChI=1S/C20H21Cl2FN4O.C10H11NO4/c1-19(2,3)7-14-20(12-9-25-18(22)27-16(12)26-17(20)28)11(8-24-14)10-5-4-6-13(21)15(10)23;1-14-9-5-7(10(13)15-2)3-4-8(9)11-6-12/h4-6,9,11,14,24H,7-8H2,1-3H3,(H,25,26,27,28);3-6H,1-2H3,(H,11,12)/t11?,14?,20-;/m1./s1. The fourth-order valence-corrected chi connectivity index (χ4v) is 6.03. The number of hydrogen-bond acceptors (Lipinski definition) is 8. The molecule has 0 saturated carbocycles. The van der Waals surface area contributed by atoms with Crippen LogP contribution in [-0.4, -0.2) is 55.1 Å². The minimum Gasteiger partial charge on any atom is -0.495 e. The van der Waals surface area contributed by atoms with Crippen molar-refractivity contribution in [1.29, 1.82) is 0 Å². The van der Waals surface area contributed by atoms with Gasteiger partial charge in [-0.2, -0.15) is 0 Å². The predicted octanol–water partition coefficient (Wildman–Crippen LogP) is 5.35. The van der Waals surface area contributed by atoms with Gasteiger partial charge in [0.1, 0.15) is 22.8 Å². The lowest BCUT2D eigenvalue weighted by Crippen LogP contribution is -2.49. The molecule has 3 aromatic rings. The summed E-state index contributed by atoms with van der Waals surface area (Å²) in [6, 6.07) is 9.29. The normalized spacial score (nSPS) is 20.5. The van der Waals surface area contributed by atoms with Gasteiger partial charge in [-0.25, -0.2) is 19.2 Å². The van der Waals surface area contributed by atoms with Crippen LogP contribution < -0.4 is 20.7 Å². The number of carbonyl (C=O) groups excluding carboxylic acids is 3.